The number of aliphatic hydroxyl groups excluding tert-OH is 1. The Morgan fingerprint density at radius 1 is 1.06 bits per heavy atom. The summed E-state index contributed by atoms with van der Waals surface area (Å²) in [6.07, 6.45) is -0.277. The van der Waals surface area contributed by atoms with Crippen LogP contribution in [0.4, 0.5) is 0 Å². The van der Waals surface area contributed by atoms with Crippen molar-refractivity contribution in [1.29, 1.82) is 0 Å². The van der Waals surface area contributed by atoms with Crippen LogP contribution in [0.3, 0.4) is 0 Å². The molecule has 0 spiro atoms. The van der Waals surface area contributed by atoms with Gasteiger partial charge in [-0.25, -0.2) is 0 Å². The van der Waals surface area contributed by atoms with E-state index in [1.807, 2.05) is 51.1 Å². The second kappa shape index (κ2) is 4.56. The van der Waals surface area contributed by atoms with Crippen LogP contribution in [0.5, 0.6) is 0 Å². The summed E-state index contributed by atoms with van der Waals surface area (Å²) in [5, 5.41) is 20.4. The second-order valence-electron chi connectivity index (χ2n) is 5.60. The van der Waals surface area contributed by atoms with Crippen LogP contribution in [0.15, 0.2) is 30.3 Å². The Balaban J connectivity index is 2.76. The standard InChI is InChI=1S/C14H22O2/c1-13(2,3)14(4,16)12(15)10-11-8-6-5-7-9-11/h5-9,12,15-16H,10H2,1-4H3. The van der Waals surface area contributed by atoms with Gasteiger partial charge in [-0.05, 0) is 17.9 Å². The second-order valence-corrected chi connectivity index (χ2v) is 5.60. The number of hydrogen-bond acceptors (Lipinski definition) is 2. The molecular formula is C14H22O2. The van der Waals surface area contributed by atoms with Gasteiger partial charge in [-0.15, -0.1) is 0 Å². The smallest absolute Gasteiger partial charge is 0.0928 e. The van der Waals surface area contributed by atoms with Crippen molar-refractivity contribution in [3.63, 3.8) is 0 Å². The van der Waals surface area contributed by atoms with Crippen LogP contribution in [0.2, 0.25) is 0 Å². The Hall–Kier alpha value is -0.860. The number of rotatable bonds is 3. The molecular weight excluding hydrogens is 200 g/mol. The average Bonchev–Trinajstić information content (AvgIpc) is 2.17. The number of hydrogen-bond donors (Lipinski definition) is 2. The van der Waals surface area contributed by atoms with Gasteiger partial charge in [-0.1, -0.05) is 51.1 Å². The molecule has 0 radical (unpaired) electrons. The SMILES string of the molecule is CC(C)(C)C(C)(O)C(O)Cc1ccccc1. The molecule has 0 aliphatic carbocycles. The predicted octanol–water partition coefficient (Wildman–Crippen LogP) is 2.39. The highest BCUT2D eigenvalue weighted by Gasteiger charge is 2.41. The minimum atomic E-state index is -1.09. The maximum absolute atomic E-state index is 10.3. The molecule has 0 heterocycles. The first-order valence-corrected chi connectivity index (χ1v) is 5.69. The lowest BCUT2D eigenvalue weighted by Crippen LogP contribution is -2.50. The van der Waals surface area contributed by atoms with Crippen molar-refractivity contribution in [3.05, 3.63) is 35.9 Å². The molecule has 1 aromatic carbocycles. The highest BCUT2D eigenvalue weighted by atomic mass is 16.3. The monoisotopic (exact) mass is 222 g/mol. The lowest BCUT2D eigenvalue weighted by atomic mass is 9.73. The zero-order chi connectivity index (χ0) is 12.4. The van der Waals surface area contributed by atoms with Crippen molar-refractivity contribution < 1.29 is 10.2 Å². The minimum absolute atomic E-state index is 0.346. The molecule has 2 unspecified atom stereocenters. The Labute approximate surface area is 97.9 Å². The van der Waals surface area contributed by atoms with Crippen LogP contribution in [0.25, 0.3) is 0 Å². The first kappa shape index (κ1) is 13.2. The molecule has 2 heteroatoms. The van der Waals surface area contributed by atoms with Gasteiger partial charge in [0.15, 0.2) is 0 Å². The van der Waals surface area contributed by atoms with Gasteiger partial charge >= 0.3 is 0 Å². The van der Waals surface area contributed by atoms with Crippen molar-refractivity contribution in [2.45, 2.75) is 45.8 Å². The number of benzene rings is 1. The quantitative estimate of drug-likeness (QED) is 0.824. The summed E-state index contributed by atoms with van der Waals surface area (Å²) in [4.78, 5) is 0. The fourth-order valence-electron chi connectivity index (χ4n) is 1.54. The van der Waals surface area contributed by atoms with E-state index < -0.39 is 11.7 Å². The van der Waals surface area contributed by atoms with Gasteiger partial charge in [-0.3, -0.25) is 0 Å². The topological polar surface area (TPSA) is 40.5 Å². The van der Waals surface area contributed by atoms with Crippen LogP contribution >= 0.6 is 0 Å². The molecule has 0 bridgehead atoms. The van der Waals surface area contributed by atoms with Crippen LogP contribution < -0.4 is 0 Å². The highest BCUT2D eigenvalue weighted by molar-refractivity contribution is 5.16. The zero-order valence-corrected chi connectivity index (χ0v) is 10.6. The molecule has 0 saturated heterocycles. The third-order valence-electron chi connectivity index (χ3n) is 3.44. The normalized spacial score (nSPS) is 17.9. The molecule has 0 saturated carbocycles. The van der Waals surface area contributed by atoms with Crippen LogP contribution in [-0.4, -0.2) is 21.9 Å². The van der Waals surface area contributed by atoms with Gasteiger partial charge in [0.05, 0.1) is 11.7 Å². The summed E-state index contributed by atoms with van der Waals surface area (Å²) in [7, 11) is 0. The summed E-state index contributed by atoms with van der Waals surface area (Å²) < 4.78 is 0. The molecule has 0 aromatic heterocycles. The van der Waals surface area contributed by atoms with Crippen molar-refractivity contribution >= 4 is 0 Å². The Kier molecular flexibility index (Phi) is 3.76. The van der Waals surface area contributed by atoms with Crippen LogP contribution in [-0.2, 0) is 6.42 Å². The summed E-state index contributed by atoms with van der Waals surface area (Å²) >= 11 is 0. The maximum atomic E-state index is 10.3. The first-order valence-electron chi connectivity index (χ1n) is 5.69. The molecule has 0 aliphatic heterocycles. The van der Waals surface area contributed by atoms with Gasteiger partial charge in [0.25, 0.3) is 0 Å². The van der Waals surface area contributed by atoms with E-state index in [1.54, 1.807) is 6.92 Å². The molecule has 0 aliphatic rings. The van der Waals surface area contributed by atoms with Crippen LogP contribution in [0.1, 0.15) is 33.3 Å². The lowest BCUT2D eigenvalue weighted by molar-refractivity contribution is -0.128. The lowest BCUT2D eigenvalue weighted by Gasteiger charge is -2.40. The molecule has 2 atom stereocenters. The van der Waals surface area contributed by atoms with Crippen molar-refractivity contribution in [3.8, 4) is 0 Å². The van der Waals surface area contributed by atoms with E-state index in [0.717, 1.165) is 5.56 Å². The van der Waals surface area contributed by atoms with Gasteiger partial charge in [0.1, 0.15) is 0 Å². The Bertz CT molecular complexity index is 322. The highest BCUT2D eigenvalue weighted by Crippen LogP contribution is 2.33. The summed E-state index contributed by atoms with van der Waals surface area (Å²) in [6, 6.07) is 9.74. The van der Waals surface area contributed by atoms with E-state index in [-0.39, 0.29) is 5.41 Å². The Morgan fingerprint density at radius 2 is 1.56 bits per heavy atom. The van der Waals surface area contributed by atoms with Gasteiger partial charge in [0, 0.05) is 6.42 Å². The summed E-state index contributed by atoms with van der Waals surface area (Å²) in [5.74, 6) is 0. The van der Waals surface area contributed by atoms with Crippen molar-refractivity contribution in [2.75, 3.05) is 0 Å². The van der Waals surface area contributed by atoms with Crippen LogP contribution in [0, 0.1) is 5.41 Å². The van der Waals surface area contributed by atoms with E-state index in [4.69, 9.17) is 0 Å². The van der Waals surface area contributed by atoms with Crippen molar-refractivity contribution in [2.24, 2.45) is 5.41 Å². The van der Waals surface area contributed by atoms with Gasteiger partial charge < -0.3 is 10.2 Å². The molecule has 2 N–H and O–H groups in total. The van der Waals surface area contributed by atoms with E-state index in [1.165, 1.54) is 0 Å². The molecule has 2 nitrogen and oxygen atoms in total. The van der Waals surface area contributed by atoms with Gasteiger partial charge in [0.2, 0.25) is 0 Å². The molecule has 1 aromatic rings. The third-order valence-corrected chi connectivity index (χ3v) is 3.44. The maximum Gasteiger partial charge on any atom is 0.0928 e. The van der Waals surface area contributed by atoms with E-state index in [0.29, 0.717) is 6.42 Å². The summed E-state index contributed by atoms with van der Waals surface area (Å²) in [6.45, 7) is 7.49. The predicted molar refractivity (Wildman–Crippen MR) is 66.2 cm³/mol. The molecule has 16 heavy (non-hydrogen) atoms. The largest absolute Gasteiger partial charge is 0.390 e. The molecule has 90 valence electrons. The van der Waals surface area contributed by atoms with Crippen molar-refractivity contribution in [1.82, 2.24) is 0 Å². The van der Waals surface area contributed by atoms with E-state index in [9.17, 15) is 10.2 Å². The molecule has 1 rings (SSSR count). The zero-order valence-electron chi connectivity index (χ0n) is 10.6. The average molecular weight is 222 g/mol. The van der Waals surface area contributed by atoms with E-state index >= 15 is 0 Å². The fraction of sp³-hybridized carbons (Fsp3) is 0.571. The fourth-order valence-corrected chi connectivity index (χ4v) is 1.54. The first-order chi connectivity index (χ1) is 7.25. The minimum Gasteiger partial charge on any atom is -0.390 e. The van der Waals surface area contributed by atoms with E-state index in [2.05, 4.69) is 0 Å². The molecule has 0 amide bonds. The molecule has 0 fully saturated rings. The Morgan fingerprint density at radius 3 is 2.00 bits per heavy atom. The van der Waals surface area contributed by atoms with Gasteiger partial charge in [-0.2, -0.15) is 0 Å². The number of aliphatic hydroxyl groups is 2. The third kappa shape index (κ3) is 2.83. The summed E-state index contributed by atoms with van der Waals surface area (Å²) in [5.41, 5.74) is -0.399.